The van der Waals surface area contributed by atoms with Gasteiger partial charge in [0.1, 0.15) is 0 Å². The quantitative estimate of drug-likeness (QED) is 0.0796. The SMILES string of the molecule is CC(=CCCC(C)(O)C(O)CCC(C)=CCCC=C(C)CCC(O)C(C)(O)CCC=C(C)C(=O)O)CO. The van der Waals surface area contributed by atoms with Crippen LogP contribution in [0.4, 0.5) is 0 Å². The minimum Gasteiger partial charge on any atom is -0.478 e. The van der Waals surface area contributed by atoms with Crippen molar-refractivity contribution in [1.82, 2.24) is 0 Å². The number of aliphatic hydroxyl groups is 5. The first-order valence-electron chi connectivity index (χ1n) is 13.4. The van der Waals surface area contributed by atoms with E-state index < -0.39 is 29.4 Å². The summed E-state index contributed by atoms with van der Waals surface area (Å²) in [4.78, 5) is 10.8. The molecule has 0 aromatic carbocycles. The van der Waals surface area contributed by atoms with Gasteiger partial charge in [-0.15, -0.1) is 0 Å². The minimum atomic E-state index is -1.28. The molecule has 0 aliphatic heterocycles. The molecule has 4 atom stereocenters. The van der Waals surface area contributed by atoms with Gasteiger partial charge in [0.2, 0.25) is 0 Å². The average molecular weight is 525 g/mol. The first kappa shape index (κ1) is 35.2. The fraction of sp³-hybridized carbons (Fsp3) is 0.700. The Morgan fingerprint density at radius 2 is 1.08 bits per heavy atom. The topological polar surface area (TPSA) is 138 Å². The number of carboxylic acids is 1. The molecule has 214 valence electrons. The molecule has 0 rings (SSSR count). The molecule has 0 aromatic heterocycles. The van der Waals surface area contributed by atoms with Crippen LogP contribution in [-0.4, -0.2) is 66.6 Å². The zero-order valence-corrected chi connectivity index (χ0v) is 23.8. The van der Waals surface area contributed by atoms with Crippen molar-refractivity contribution >= 4 is 5.97 Å². The maximum atomic E-state index is 10.8. The number of aliphatic hydroxyl groups excluding tert-OH is 3. The Kier molecular flexibility index (Phi) is 16.8. The van der Waals surface area contributed by atoms with Gasteiger partial charge in [-0.1, -0.05) is 41.0 Å². The van der Waals surface area contributed by atoms with Crippen molar-refractivity contribution in [2.24, 2.45) is 0 Å². The van der Waals surface area contributed by atoms with E-state index >= 15 is 0 Å². The van der Waals surface area contributed by atoms with Gasteiger partial charge < -0.3 is 30.6 Å². The predicted octanol–water partition coefficient (Wildman–Crippen LogP) is 4.97. The second-order valence-corrected chi connectivity index (χ2v) is 11.0. The van der Waals surface area contributed by atoms with Crippen molar-refractivity contribution in [3.8, 4) is 0 Å². The normalized spacial score (nSPS) is 18.8. The van der Waals surface area contributed by atoms with Crippen molar-refractivity contribution in [1.29, 1.82) is 0 Å². The van der Waals surface area contributed by atoms with E-state index in [1.807, 2.05) is 26.8 Å². The van der Waals surface area contributed by atoms with Crippen LogP contribution in [-0.2, 0) is 4.79 Å². The molecule has 0 aliphatic rings. The summed E-state index contributed by atoms with van der Waals surface area (Å²) in [5.41, 5.74) is 0.939. The monoisotopic (exact) mass is 524 g/mol. The van der Waals surface area contributed by atoms with Crippen LogP contribution < -0.4 is 0 Å². The number of hydrogen-bond donors (Lipinski definition) is 6. The van der Waals surface area contributed by atoms with E-state index in [1.165, 1.54) is 6.92 Å². The van der Waals surface area contributed by atoms with Gasteiger partial charge in [0, 0.05) is 5.57 Å². The summed E-state index contributed by atoms with van der Waals surface area (Å²) in [7, 11) is 0. The lowest BCUT2D eigenvalue weighted by Gasteiger charge is -2.29. The molecule has 0 heterocycles. The largest absolute Gasteiger partial charge is 0.478 e. The summed E-state index contributed by atoms with van der Waals surface area (Å²) in [6.07, 6.45) is 11.7. The number of allylic oxidation sites excluding steroid dienone is 6. The Balaban J connectivity index is 4.43. The summed E-state index contributed by atoms with van der Waals surface area (Å²) in [5, 5.41) is 59.9. The van der Waals surface area contributed by atoms with Gasteiger partial charge in [-0.2, -0.15) is 0 Å². The van der Waals surface area contributed by atoms with E-state index in [-0.39, 0.29) is 18.6 Å². The van der Waals surface area contributed by atoms with Crippen molar-refractivity contribution in [2.45, 2.75) is 129 Å². The molecular weight excluding hydrogens is 472 g/mol. The molecule has 0 aliphatic carbocycles. The first-order valence-corrected chi connectivity index (χ1v) is 13.4. The lowest BCUT2D eigenvalue weighted by Crippen LogP contribution is -2.39. The highest BCUT2D eigenvalue weighted by molar-refractivity contribution is 5.85. The fourth-order valence-electron chi connectivity index (χ4n) is 3.89. The lowest BCUT2D eigenvalue weighted by atomic mass is 9.89. The third-order valence-electron chi connectivity index (χ3n) is 7.04. The van der Waals surface area contributed by atoms with Gasteiger partial charge in [-0.05, 0) is 106 Å². The third-order valence-corrected chi connectivity index (χ3v) is 7.04. The van der Waals surface area contributed by atoms with Gasteiger partial charge in [-0.3, -0.25) is 0 Å². The van der Waals surface area contributed by atoms with Crippen LogP contribution in [0.25, 0.3) is 0 Å². The second kappa shape index (κ2) is 17.7. The van der Waals surface area contributed by atoms with Crippen molar-refractivity contribution in [3.63, 3.8) is 0 Å². The summed E-state index contributed by atoms with van der Waals surface area (Å²) < 4.78 is 0. The Bertz CT molecular complexity index is 803. The molecule has 7 heteroatoms. The fourth-order valence-corrected chi connectivity index (χ4v) is 3.89. The van der Waals surface area contributed by atoms with Crippen LogP contribution in [0.5, 0.6) is 0 Å². The molecule has 0 amide bonds. The van der Waals surface area contributed by atoms with Gasteiger partial charge in [0.05, 0.1) is 30.0 Å². The number of carboxylic acid groups (broad SMARTS) is 1. The van der Waals surface area contributed by atoms with E-state index in [9.17, 15) is 25.2 Å². The Hall–Kier alpha value is -1.77. The van der Waals surface area contributed by atoms with Crippen LogP contribution in [0.1, 0.15) is 106 Å². The summed E-state index contributed by atoms with van der Waals surface area (Å²) in [5.74, 6) is -0.981. The zero-order valence-electron chi connectivity index (χ0n) is 23.8. The third kappa shape index (κ3) is 15.9. The highest BCUT2D eigenvalue weighted by Gasteiger charge is 2.30. The van der Waals surface area contributed by atoms with Crippen LogP contribution in [0.3, 0.4) is 0 Å². The van der Waals surface area contributed by atoms with E-state index in [1.54, 1.807) is 19.9 Å². The molecule has 0 bridgehead atoms. The molecule has 0 spiro atoms. The smallest absolute Gasteiger partial charge is 0.330 e. The van der Waals surface area contributed by atoms with Gasteiger partial charge >= 0.3 is 5.97 Å². The second-order valence-electron chi connectivity index (χ2n) is 11.0. The van der Waals surface area contributed by atoms with Gasteiger partial charge in [-0.25, -0.2) is 4.79 Å². The highest BCUT2D eigenvalue weighted by Crippen LogP contribution is 2.24. The van der Waals surface area contributed by atoms with Gasteiger partial charge in [0.15, 0.2) is 0 Å². The Labute approximate surface area is 223 Å². The predicted molar refractivity (Wildman–Crippen MR) is 149 cm³/mol. The summed E-state index contributed by atoms with van der Waals surface area (Å²) in [6.45, 7) is 10.6. The molecule has 0 aromatic rings. The van der Waals surface area contributed by atoms with Crippen molar-refractivity contribution < 1.29 is 35.4 Å². The number of aliphatic carboxylic acids is 1. The average Bonchev–Trinajstić information content (AvgIpc) is 2.82. The molecule has 4 unspecified atom stereocenters. The summed E-state index contributed by atoms with van der Waals surface area (Å²) in [6, 6.07) is 0. The Morgan fingerprint density at radius 1 is 0.703 bits per heavy atom. The first-order chi connectivity index (χ1) is 17.1. The molecule has 7 nitrogen and oxygen atoms in total. The van der Waals surface area contributed by atoms with Crippen LogP contribution in [0.2, 0.25) is 0 Å². The van der Waals surface area contributed by atoms with Crippen molar-refractivity contribution in [2.75, 3.05) is 6.61 Å². The van der Waals surface area contributed by atoms with E-state index in [2.05, 4.69) is 12.2 Å². The van der Waals surface area contributed by atoms with E-state index in [0.717, 1.165) is 29.6 Å². The number of unbranched alkanes of at least 4 members (excludes halogenated alkanes) is 1. The lowest BCUT2D eigenvalue weighted by molar-refractivity contribution is -0.132. The molecule has 37 heavy (non-hydrogen) atoms. The van der Waals surface area contributed by atoms with Gasteiger partial charge in [0.25, 0.3) is 0 Å². The molecule has 6 N–H and O–H groups in total. The van der Waals surface area contributed by atoms with Crippen LogP contribution >= 0.6 is 0 Å². The Morgan fingerprint density at radius 3 is 1.46 bits per heavy atom. The standard InChI is InChI=1S/C30H52O7/c1-22(15-17-26(32)29(5,36)19-9-13-24(3)21-31)11-7-8-12-23(2)16-18-27(33)30(6,37)20-10-14-25(4)28(34)35/h11-14,26-27,31-33,36-37H,7-10,15-21H2,1-6H3,(H,34,35). The maximum absolute atomic E-state index is 10.8. The van der Waals surface area contributed by atoms with Crippen molar-refractivity contribution in [3.05, 3.63) is 46.6 Å². The molecule has 0 radical (unpaired) electrons. The van der Waals surface area contributed by atoms with Crippen LogP contribution in [0, 0.1) is 0 Å². The molecule has 0 saturated heterocycles. The minimum absolute atomic E-state index is 0.00277. The van der Waals surface area contributed by atoms with E-state index in [4.69, 9.17) is 10.2 Å². The number of rotatable bonds is 19. The number of hydrogen-bond acceptors (Lipinski definition) is 6. The molecule has 0 fully saturated rings. The maximum Gasteiger partial charge on any atom is 0.330 e. The number of carbonyl (C=O) groups is 1. The molecule has 0 saturated carbocycles. The van der Waals surface area contributed by atoms with E-state index in [0.29, 0.717) is 44.9 Å². The highest BCUT2D eigenvalue weighted by atomic mass is 16.4. The zero-order chi connectivity index (χ0) is 28.6. The summed E-state index contributed by atoms with van der Waals surface area (Å²) >= 11 is 0. The van der Waals surface area contributed by atoms with Crippen LogP contribution in [0.15, 0.2) is 46.6 Å². The molecular formula is C30H52O7.